The largest absolute Gasteiger partial charge is 0.387 e. The first-order valence-corrected chi connectivity index (χ1v) is 5.10. The monoisotopic (exact) mass is 204 g/mol. The number of nitrogens with zero attached hydrogens (tertiary/aromatic N) is 1. The molecule has 0 aliphatic rings. The van der Waals surface area contributed by atoms with E-state index < -0.39 is 6.10 Å². The number of nitriles is 1. The molecule has 0 radical (unpaired) electrons. The highest BCUT2D eigenvalue weighted by molar-refractivity contribution is 5.32. The summed E-state index contributed by atoms with van der Waals surface area (Å²) in [4.78, 5) is 0. The van der Waals surface area contributed by atoms with Crippen molar-refractivity contribution < 1.29 is 5.11 Å². The molecule has 2 atom stereocenters. The van der Waals surface area contributed by atoms with E-state index in [-0.39, 0.29) is 6.04 Å². The average Bonchev–Trinajstić information content (AvgIpc) is 2.28. The molecule has 1 aromatic rings. The molecule has 0 saturated carbocycles. The maximum Gasteiger partial charge on any atom is 0.0991 e. The predicted octanol–water partition coefficient (Wildman–Crippen LogP) is 1.59. The third-order valence-corrected chi connectivity index (χ3v) is 2.38. The maximum atomic E-state index is 9.94. The third kappa shape index (κ3) is 3.05. The molecule has 0 aromatic heterocycles. The first-order chi connectivity index (χ1) is 7.19. The molecule has 0 aliphatic heterocycles. The van der Waals surface area contributed by atoms with Crippen LogP contribution in [0.25, 0.3) is 0 Å². The van der Waals surface area contributed by atoms with Gasteiger partial charge < -0.3 is 10.4 Å². The van der Waals surface area contributed by atoms with Crippen LogP contribution < -0.4 is 5.32 Å². The van der Waals surface area contributed by atoms with Gasteiger partial charge in [-0.15, -0.1) is 0 Å². The molecule has 80 valence electrons. The molecule has 3 heteroatoms. The van der Waals surface area contributed by atoms with Crippen LogP contribution in [-0.4, -0.2) is 17.7 Å². The van der Waals surface area contributed by atoms with Crippen molar-refractivity contribution in [3.8, 4) is 6.07 Å². The van der Waals surface area contributed by atoms with Crippen LogP contribution in [0.5, 0.6) is 0 Å². The number of likely N-dealkylation sites (N-methyl/N-ethyl adjacent to an activating group) is 1. The van der Waals surface area contributed by atoms with Crippen LogP contribution in [0, 0.1) is 11.3 Å². The molecular formula is C12H16N2O. The lowest BCUT2D eigenvalue weighted by atomic mass is 10.0. The summed E-state index contributed by atoms with van der Waals surface area (Å²) in [5.74, 6) is 0. The minimum absolute atomic E-state index is 0.0166. The fourth-order valence-corrected chi connectivity index (χ4v) is 1.48. The summed E-state index contributed by atoms with van der Waals surface area (Å²) >= 11 is 0. The summed E-state index contributed by atoms with van der Waals surface area (Å²) in [5.41, 5.74) is 1.45. The zero-order valence-corrected chi connectivity index (χ0v) is 9.07. The molecule has 1 rings (SSSR count). The van der Waals surface area contributed by atoms with Gasteiger partial charge in [-0.2, -0.15) is 5.26 Å². The Morgan fingerprint density at radius 1 is 1.40 bits per heavy atom. The molecule has 0 saturated heterocycles. The van der Waals surface area contributed by atoms with Crippen LogP contribution in [0.2, 0.25) is 0 Å². The van der Waals surface area contributed by atoms with Crippen molar-refractivity contribution in [1.82, 2.24) is 5.32 Å². The maximum absolute atomic E-state index is 9.94. The highest BCUT2D eigenvalue weighted by Crippen LogP contribution is 2.16. The van der Waals surface area contributed by atoms with E-state index in [4.69, 9.17) is 5.26 Å². The van der Waals surface area contributed by atoms with Crippen LogP contribution in [0.1, 0.15) is 31.1 Å². The van der Waals surface area contributed by atoms with Crippen molar-refractivity contribution in [3.05, 3.63) is 35.4 Å². The molecule has 2 unspecified atom stereocenters. The highest BCUT2D eigenvalue weighted by Gasteiger charge is 2.14. The third-order valence-electron chi connectivity index (χ3n) is 2.38. The number of rotatable bonds is 4. The van der Waals surface area contributed by atoms with Gasteiger partial charge in [-0.1, -0.05) is 19.1 Å². The minimum atomic E-state index is -0.530. The topological polar surface area (TPSA) is 56.0 Å². The van der Waals surface area contributed by atoms with Gasteiger partial charge in [-0.3, -0.25) is 0 Å². The molecule has 2 N–H and O–H groups in total. The number of nitrogens with one attached hydrogen (secondary N) is 1. The SMILES string of the molecule is CCNC(C)C(O)c1ccc(C#N)cc1. The Morgan fingerprint density at radius 3 is 2.47 bits per heavy atom. The lowest BCUT2D eigenvalue weighted by molar-refractivity contribution is 0.137. The molecule has 0 aliphatic carbocycles. The first kappa shape index (κ1) is 11.7. The Morgan fingerprint density at radius 2 is 2.00 bits per heavy atom. The Hall–Kier alpha value is -1.37. The van der Waals surface area contributed by atoms with E-state index in [9.17, 15) is 5.11 Å². The van der Waals surface area contributed by atoms with E-state index in [1.807, 2.05) is 13.8 Å². The number of hydrogen-bond donors (Lipinski definition) is 2. The van der Waals surface area contributed by atoms with E-state index in [1.165, 1.54) is 0 Å². The number of aliphatic hydroxyl groups is 1. The quantitative estimate of drug-likeness (QED) is 0.783. The summed E-state index contributed by atoms with van der Waals surface area (Å²) in [5, 5.41) is 21.7. The predicted molar refractivity (Wildman–Crippen MR) is 59.3 cm³/mol. The van der Waals surface area contributed by atoms with Crippen LogP contribution >= 0.6 is 0 Å². The number of aliphatic hydroxyl groups excluding tert-OH is 1. The van der Waals surface area contributed by atoms with Crippen LogP contribution in [-0.2, 0) is 0 Å². The smallest absolute Gasteiger partial charge is 0.0991 e. The lowest BCUT2D eigenvalue weighted by Gasteiger charge is -2.19. The van der Waals surface area contributed by atoms with E-state index in [0.717, 1.165) is 12.1 Å². The number of benzene rings is 1. The molecule has 15 heavy (non-hydrogen) atoms. The Balaban J connectivity index is 2.74. The van der Waals surface area contributed by atoms with Crippen LogP contribution in [0.4, 0.5) is 0 Å². The van der Waals surface area contributed by atoms with Gasteiger partial charge in [-0.05, 0) is 31.2 Å². The van der Waals surface area contributed by atoms with Gasteiger partial charge in [0.15, 0.2) is 0 Å². The summed E-state index contributed by atoms with van der Waals surface area (Å²) in [6.07, 6.45) is -0.530. The second kappa shape index (κ2) is 5.50. The second-order valence-corrected chi connectivity index (χ2v) is 3.53. The van der Waals surface area contributed by atoms with Crippen LogP contribution in [0.15, 0.2) is 24.3 Å². The molecule has 1 aromatic carbocycles. The van der Waals surface area contributed by atoms with Gasteiger partial charge >= 0.3 is 0 Å². The van der Waals surface area contributed by atoms with Crippen molar-refractivity contribution in [2.24, 2.45) is 0 Å². The average molecular weight is 204 g/mol. The lowest BCUT2D eigenvalue weighted by Crippen LogP contribution is -2.31. The standard InChI is InChI=1S/C12H16N2O/c1-3-14-9(2)12(15)11-6-4-10(8-13)5-7-11/h4-7,9,12,14-15H,3H2,1-2H3. The van der Waals surface area contributed by atoms with E-state index in [0.29, 0.717) is 5.56 Å². The molecule has 0 amide bonds. The minimum Gasteiger partial charge on any atom is -0.387 e. The van der Waals surface area contributed by atoms with Crippen molar-refractivity contribution in [2.75, 3.05) is 6.54 Å². The fourth-order valence-electron chi connectivity index (χ4n) is 1.48. The molecule has 0 fully saturated rings. The Bertz CT molecular complexity index is 340. The summed E-state index contributed by atoms with van der Waals surface area (Å²) < 4.78 is 0. The van der Waals surface area contributed by atoms with E-state index >= 15 is 0 Å². The van der Waals surface area contributed by atoms with E-state index in [2.05, 4.69) is 11.4 Å². The van der Waals surface area contributed by atoms with Gasteiger partial charge in [0, 0.05) is 6.04 Å². The normalized spacial score (nSPS) is 14.3. The fraction of sp³-hybridized carbons (Fsp3) is 0.417. The first-order valence-electron chi connectivity index (χ1n) is 5.10. The van der Waals surface area contributed by atoms with Crippen molar-refractivity contribution >= 4 is 0 Å². The molecule has 0 heterocycles. The Kier molecular flexibility index (Phi) is 4.29. The van der Waals surface area contributed by atoms with Crippen molar-refractivity contribution in [1.29, 1.82) is 5.26 Å². The summed E-state index contributed by atoms with van der Waals surface area (Å²) in [6.45, 7) is 4.77. The van der Waals surface area contributed by atoms with Gasteiger partial charge in [-0.25, -0.2) is 0 Å². The van der Waals surface area contributed by atoms with Gasteiger partial charge in [0.25, 0.3) is 0 Å². The molecular weight excluding hydrogens is 188 g/mol. The molecule has 0 bridgehead atoms. The zero-order chi connectivity index (χ0) is 11.3. The van der Waals surface area contributed by atoms with Gasteiger partial charge in [0.2, 0.25) is 0 Å². The van der Waals surface area contributed by atoms with Crippen molar-refractivity contribution in [3.63, 3.8) is 0 Å². The second-order valence-electron chi connectivity index (χ2n) is 3.53. The zero-order valence-electron chi connectivity index (χ0n) is 9.07. The Labute approximate surface area is 90.4 Å². The van der Waals surface area contributed by atoms with Gasteiger partial charge in [0.05, 0.1) is 17.7 Å². The van der Waals surface area contributed by atoms with E-state index in [1.54, 1.807) is 24.3 Å². The summed E-state index contributed by atoms with van der Waals surface area (Å²) in [6, 6.07) is 9.08. The highest BCUT2D eigenvalue weighted by atomic mass is 16.3. The molecule has 0 spiro atoms. The van der Waals surface area contributed by atoms with Crippen molar-refractivity contribution in [2.45, 2.75) is 26.0 Å². The number of hydrogen-bond acceptors (Lipinski definition) is 3. The molecule has 3 nitrogen and oxygen atoms in total. The summed E-state index contributed by atoms with van der Waals surface area (Å²) in [7, 11) is 0. The van der Waals surface area contributed by atoms with Gasteiger partial charge in [0.1, 0.15) is 0 Å². The van der Waals surface area contributed by atoms with Crippen LogP contribution in [0.3, 0.4) is 0 Å².